The molecule has 0 bridgehead atoms. The molecular weight excluding hydrogens is 364 g/mol. The van der Waals surface area contributed by atoms with E-state index >= 15 is 0 Å². The van der Waals surface area contributed by atoms with Gasteiger partial charge in [-0.25, -0.2) is 18.4 Å². The van der Waals surface area contributed by atoms with E-state index in [-0.39, 0.29) is 22.4 Å². The maximum Gasteiger partial charge on any atom is 0.317 e. The van der Waals surface area contributed by atoms with Gasteiger partial charge in [0.2, 0.25) is 10.0 Å². The van der Waals surface area contributed by atoms with Crippen LogP contribution in [0.25, 0.3) is 0 Å². The predicted molar refractivity (Wildman–Crippen MR) is 106 cm³/mol. The van der Waals surface area contributed by atoms with Crippen LogP contribution in [0.2, 0.25) is 0 Å². The highest BCUT2D eigenvalue weighted by Crippen LogP contribution is 2.35. The molecule has 0 radical (unpaired) electrons. The number of hydrogen-bond acceptors (Lipinski definition) is 4. The van der Waals surface area contributed by atoms with E-state index in [4.69, 9.17) is 5.14 Å². The van der Waals surface area contributed by atoms with Gasteiger partial charge in [0, 0.05) is 32.2 Å². The number of nitrogens with zero attached hydrogens (tertiary/aromatic N) is 2. The first-order valence-electron chi connectivity index (χ1n) is 9.61. The summed E-state index contributed by atoms with van der Waals surface area (Å²) in [6, 6.07) is 6.94. The zero-order valence-electron chi connectivity index (χ0n) is 16.1. The summed E-state index contributed by atoms with van der Waals surface area (Å²) in [5.74, 6) is 0. The number of benzene rings is 1. The monoisotopic (exact) mass is 394 g/mol. The van der Waals surface area contributed by atoms with Crippen LogP contribution >= 0.6 is 0 Å². The average molecular weight is 395 g/mol. The van der Waals surface area contributed by atoms with Crippen LogP contribution in [-0.4, -0.2) is 51.6 Å². The van der Waals surface area contributed by atoms with Crippen molar-refractivity contribution in [1.29, 1.82) is 0 Å². The van der Waals surface area contributed by atoms with E-state index in [0.29, 0.717) is 31.9 Å². The Labute approximate surface area is 161 Å². The molecule has 7 nitrogen and oxygen atoms in total. The van der Waals surface area contributed by atoms with Gasteiger partial charge in [-0.2, -0.15) is 0 Å². The van der Waals surface area contributed by atoms with Crippen molar-refractivity contribution in [3.05, 3.63) is 24.3 Å². The molecular formula is C19H30N4O3S. The van der Waals surface area contributed by atoms with Gasteiger partial charge in [-0.3, -0.25) is 0 Å². The molecule has 2 fully saturated rings. The fourth-order valence-corrected chi connectivity index (χ4v) is 4.87. The maximum absolute atomic E-state index is 12.7. The molecule has 1 atom stereocenters. The van der Waals surface area contributed by atoms with Gasteiger partial charge < -0.3 is 15.1 Å². The normalized spacial score (nSPS) is 23.1. The summed E-state index contributed by atoms with van der Waals surface area (Å²) in [4.78, 5) is 16.6. The molecule has 1 aliphatic heterocycles. The number of nitrogens with two attached hydrogens (primary N) is 1. The Balaban J connectivity index is 1.62. The second-order valence-electron chi connectivity index (χ2n) is 8.22. The van der Waals surface area contributed by atoms with E-state index < -0.39 is 10.0 Å². The first-order chi connectivity index (χ1) is 12.7. The van der Waals surface area contributed by atoms with Crippen LogP contribution in [0.4, 0.5) is 10.5 Å². The number of primary sulfonamides is 1. The van der Waals surface area contributed by atoms with E-state index in [1.54, 1.807) is 18.2 Å². The Morgan fingerprint density at radius 3 is 2.44 bits per heavy atom. The molecule has 1 saturated carbocycles. The smallest absolute Gasteiger partial charge is 0.317 e. The highest BCUT2D eigenvalue weighted by Gasteiger charge is 2.34. The number of para-hydroxylation sites is 1. The largest absolute Gasteiger partial charge is 0.367 e. The van der Waals surface area contributed by atoms with Gasteiger partial charge in [0.1, 0.15) is 4.90 Å². The van der Waals surface area contributed by atoms with E-state index in [1.807, 2.05) is 9.80 Å². The Morgan fingerprint density at radius 2 is 1.81 bits per heavy atom. The molecule has 2 aliphatic rings. The van der Waals surface area contributed by atoms with Gasteiger partial charge in [0.25, 0.3) is 0 Å². The van der Waals surface area contributed by atoms with Crippen molar-refractivity contribution in [3.63, 3.8) is 0 Å². The number of anilines is 1. The van der Waals surface area contributed by atoms with Gasteiger partial charge >= 0.3 is 6.03 Å². The van der Waals surface area contributed by atoms with Crippen molar-refractivity contribution in [2.75, 3.05) is 31.1 Å². The van der Waals surface area contributed by atoms with Crippen molar-refractivity contribution >= 4 is 21.7 Å². The average Bonchev–Trinajstić information content (AvgIpc) is 2.63. The Bertz CT molecular complexity index is 786. The van der Waals surface area contributed by atoms with Crippen LogP contribution in [0.3, 0.4) is 0 Å². The van der Waals surface area contributed by atoms with Crippen molar-refractivity contribution < 1.29 is 13.2 Å². The molecule has 0 aromatic heterocycles. The van der Waals surface area contributed by atoms with Crippen molar-refractivity contribution in [2.24, 2.45) is 10.6 Å². The third-order valence-electron chi connectivity index (χ3n) is 5.88. The molecule has 2 amide bonds. The molecule has 1 saturated heterocycles. The number of piperazine rings is 1. The van der Waals surface area contributed by atoms with E-state index in [2.05, 4.69) is 19.2 Å². The van der Waals surface area contributed by atoms with E-state index in [1.165, 1.54) is 12.5 Å². The number of urea groups is 1. The van der Waals surface area contributed by atoms with E-state index in [0.717, 1.165) is 19.3 Å². The zero-order chi connectivity index (χ0) is 19.7. The van der Waals surface area contributed by atoms with Crippen molar-refractivity contribution in [2.45, 2.75) is 50.5 Å². The molecule has 150 valence electrons. The Kier molecular flexibility index (Phi) is 5.67. The number of carbonyl (C=O) groups is 1. The van der Waals surface area contributed by atoms with Crippen LogP contribution in [0.15, 0.2) is 29.2 Å². The lowest BCUT2D eigenvalue weighted by atomic mass is 9.73. The minimum absolute atomic E-state index is 0.0191. The first kappa shape index (κ1) is 19.9. The number of carbonyl (C=O) groups excluding carboxylic acids is 1. The number of amides is 2. The minimum atomic E-state index is -3.78. The second kappa shape index (κ2) is 7.67. The molecule has 3 N–H and O–H groups in total. The molecule has 1 unspecified atom stereocenters. The lowest BCUT2D eigenvalue weighted by Gasteiger charge is -2.41. The summed E-state index contributed by atoms with van der Waals surface area (Å²) in [5, 5.41) is 8.56. The van der Waals surface area contributed by atoms with Gasteiger partial charge in [-0.05, 0) is 30.4 Å². The van der Waals surface area contributed by atoms with Gasteiger partial charge in [0.15, 0.2) is 0 Å². The summed E-state index contributed by atoms with van der Waals surface area (Å²) in [6.07, 6.45) is 4.55. The summed E-state index contributed by atoms with van der Waals surface area (Å²) in [5.41, 5.74) is 0.734. The van der Waals surface area contributed by atoms with Crippen LogP contribution in [0.1, 0.15) is 39.5 Å². The standard InChI is InChI=1S/C19H30N4O3S/c1-19(2)10-6-5-9-17(19)21-18(24)23-13-11-22(12-14-23)15-7-3-4-8-16(15)27(20,25)26/h3-4,7-8,17H,5-6,9-14H2,1-2H3,(H,21,24)(H2,20,25,26). The third-order valence-corrected chi connectivity index (χ3v) is 6.84. The fourth-order valence-electron chi connectivity index (χ4n) is 4.11. The van der Waals surface area contributed by atoms with Crippen LogP contribution < -0.4 is 15.4 Å². The first-order valence-corrected chi connectivity index (χ1v) is 11.2. The zero-order valence-corrected chi connectivity index (χ0v) is 17.0. The quantitative estimate of drug-likeness (QED) is 0.821. The molecule has 3 rings (SSSR count). The van der Waals surface area contributed by atoms with Crippen LogP contribution in [0, 0.1) is 5.41 Å². The molecule has 27 heavy (non-hydrogen) atoms. The van der Waals surface area contributed by atoms with Gasteiger partial charge in [-0.15, -0.1) is 0 Å². The summed E-state index contributed by atoms with van der Waals surface area (Å²) < 4.78 is 23.7. The summed E-state index contributed by atoms with van der Waals surface area (Å²) in [7, 11) is -3.78. The lowest BCUT2D eigenvalue weighted by Crippen LogP contribution is -2.56. The number of rotatable bonds is 3. The Hall–Kier alpha value is -1.80. The maximum atomic E-state index is 12.7. The molecule has 1 aromatic carbocycles. The SMILES string of the molecule is CC1(C)CCCCC1NC(=O)N1CCN(c2ccccc2S(N)(=O)=O)CC1. The Morgan fingerprint density at radius 1 is 1.15 bits per heavy atom. The number of hydrogen-bond donors (Lipinski definition) is 2. The number of sulfonamides is 1. The topological polar surface area (TPSA) is 95.7 Å². The fraction of sp³-hybridized carbons (Fsp3) is 0.632. The highest BCUT2D eigenvalue weighted by atomic mass is 32.2. The minimum Gasteiger partial charge on any atom is -0.367 e. The second-order valence-corrected chi connectivity index (χ2v) is 9.75. The molecule has 1 aliphatic carbocycles. The van der Waals surface area contributed by atoms with E-state index in [9.17, 15) is 13.2 Å². The van der Waals surface area contributed by atoms with Crippen LogP contribution in [-0.2, 0) is 10.0 Å². The molecule has 1 heterocycles. The molecule has 1 aromatic rings. The lowest BCUT2D eigenvalue weighted by molar-refractivity contribution is 0.146. The van der Waals surface area contributed by atoms with Gasteiger partial charge in [0.05, 0.1) is 5.69 Å². The van der Waals surface area contributed by atoms with Crippen molar-refractivity contribution in [1.82, 2.24) is 10.2 Å². The van der Waals surface area contributed by atoms with Crippen molar-refractivity contribution in [3.8, 4) is 0 Å². The predicted octanol–water partition coefficient (Wildman–Crippen LogP) is 2.13. The highest BCUT2D eigenvalue weighted by molar-refractivity contribution is 7.89. The third kappa shape index (κ3) is 4.55. The number of nitrogens with one attached hydrogen (secondary N) is 1. The van der Waals surface area contributed by atoms with Crippen LogP contribution in [0.5, 0.6) is 0 Å². The summed E-state index contributed by atoms with van der Waals surface area (Å²) in [6.45, 7) is 6.70. The summed E-state index contributed by atoms with van der Waals surface area (Å²) >= 11 is 0. The van der Waals surface area contributed by atoms with Gasteiger partial charge in [-0.1, -0.05) is 38.8 Å². The molecule has 0 spiro atoms. The molecule has 8 heteroatoms.